The molecule has 0 radical (unpaired) electrons. The summed E-state index contributed by atoms with van der Waals surface area (Å²) in [5.41, 5.74) is 2.08. The zero-order valence-electron chi connectivity index (χ0n) is 10.00. The van der Waals surface area contributed by atoms with E-state index in [9.17, 15) is 4.79 Å². The molecule has 0 spiro atoms. The van der Waals surface area contributed by atoms with Crippen LogP contribution in [0, 0.1) is 6.92 Å². The minimum Gasteiger partial charge on any atom is -0.338 e. The second kappa shape index (κ2) is 6.15. The van der Waals surface area contributed by atoms with Crippen LogP contribution in [0.1, 0.15) is 12.0 Å². The molecule has 2 N–H and O–H groups in total. The van der Waals surface area contributed by atoms with Crippen LogP contribution in [0.2, 0.25) is 0 Å². The number of hydrogen-bond donors (Lipinski definition) is 2. The van der Waals surface area contributed by atoms with Crippen molar-refractivity contribution in [3.63, 3.8) is 0 Å². The van der Waals surface area contributed by atoms with Crippen LogP contribution in [0.4, 0.5) is 9.93 Å². The van der Waals surface area contributed by atoms with Gasteiger partial charge in [-0.15, -0.1) is 0 Å². The minimum absolute atomic E-state index is 0.201. The van der Waals surface area contributed by atoms with Gasteiger partial charge in [-0.2, -0.15) is 0 Å². The Kier molecular flexibility index (Phi) is 4.54. The number of benzene rings is 1. The van der Waals surface area contributed by atoms with E-state index in [1.54, 1.807) is 0 Å². The third-order valence-corrected chi connectivity index (χ3v) is 3.93. The van der Waals surface area contributed by atoms with Crippen LogP contribution in [0.25, 0.3) is 10.2 Å². The number of alkyl halides is 1. The number of rotatable bonds is 4. The van der Waals surface area contributed by atoms with Crippen molar-refractivity contribution in [1.82, 2.24) is 10.3 Å². The highest BCUT2D eigenvalue weighted by Crippen LogP contribution is 2.27. The van der Waals surface area contributed by atoms with Crippen LogP contribution >= 0.6 is 27.3 Å². The number of halogens is 1. The van der Waals surface area contributed by atoms with Crippen LogP contribution in [-0.2, 0) is 0 Å². The second-order valence-electron chi connectivity index (χ2n) is 3.86. The average molecular weight is 328 g/mol. The summed E-state index contributed by atoms with van der Waals surface area (Å²) in [4.78, 5) is 16.0. The molecule has 96 valence electrons. The second-order valence-corrected chi connectivity index (χ2v) is 5.69. The average Bonchev–Trinajstić information content (AvgIpc) is 2.73. The number of anilines is 1. The first kappa shape index (κ1) is 13.3. The molecule has 0 unspecified atom stereocenters. The number of aryl methyl sites for hydroxylation is 1. The molecule has 2 rings (SSSR count). The van der Waals surface area contributed by atoms with Gasteiger partial charge in [0.2, 0.25) is 0 Å². The molecule has 1 heterocycles. The van der Waals surface area contributed by atoms with Crippen molar-refractivity contribution < 1.29 is 4.79 Å². The predicted octanol–water partition coefficient (Wildman–Crippen LogP) is 3.51. The molecule has 0 fully saturated rings. The maximum atomic E-state index is 11.6. The van der Waals surface area contributed by atoms with Gasteiger partial charge in [-0.3, -0.25) is 5.32 Å². The van der Waals surface area contributed by atoms with E-state index in [2.05, 4.69) is 31.5 Å². The molecule has 1 aromatic heterocycles. The third kappa shape index (κ3) is 3.20. The Morgan fingerprint density at radius 2 is 2.33 bits per heavy atom. The van der Waals surface area contributed by atoms with Gasteiger partial charge in [-0.25, -0.2) is 9.78 Å². The van der Waals surface area contributed by atoms with E-state index in [1.165, 1.54) is 11.3 Å². The zero-order chi connectivity index (χ0) is 13.0. The molecule has 1 aromatic carbocycles. The van der Waals surface area contributed by atoms with Crippen molar-refractivity contribution in [3.8, 4) is 0 Å². The molecule has 0 bridgehead atoms. The summed E-state index contributed by atoms with van der Waals surface area (Å²) in [6, 6.07) is 5.82. The summed E-state index contributed by atoms with van der Waals surface area (Å²) < 4.78 is 1.09. The van der Waals surface area contributed by atoms with Gasteiger partial charge in [-0.1, -0.05) is 39.4 Å². The number of urea groups is 1. The summed E-state index contributed by atoms with van der Waals surface area (Å²) >= 11 is 4.80. The van der Waals surface area contributed by atoms with Crippen molar-refractivity contribution in [2.24, 2.45) is 0 Å². The number of para-hydroxylation sites is 1. The first-order valence-corrected chi connectivity index (χ1v) is 7.61. The Balaban J connectivity index is 2.03. The SMILES string of the molecule is Cc1cccc2sc(NC(=O)NCCCBr)nc12. The minimum atomic E-state index is -0.201. The molecule has 6 heteroatoms. The molecule has 0 saturated heterocycles. The normalized spacial score (nSPS) is 10.6. The van der Waals surface area contributed by atoms with E-state index in [4.69, 9.17) is 0 Å². The topological polar surface area (TPSA) is 54.0 Å². The molecule has 2 aromatic rings. The number of amides is 2. The van der Waals surface area contributed by atoms with Gasteiger partial charge in [-0.05, 0) is 25.0 Å². The number of hydrogen-bond acceptors (Lipinski definition) is 3. The van der Waals surface area contributed by atoms with Crippen molar-refractivity contribution >= 4 is 48.6 Å². The smallest absolute Gasteiger partial charge is 0.321 e. The molecular formula is C12H14BrN3OS. The van der Waals surface area contributed by atoms with Crippen LogP contribution in [0.5, 0.6) is 0 Å². The Morgan fingerprint density at radius 3 is 3.06 bits per heavy atom. The van der Waals surface area contributed by atoms with E-state index >= 15 is 0 Å². The van der Waals surface area contributed by atoms with Crippen molar-refractivity contribution in [2.45, 2.75) is 13.3 Å². The molecule has 0 saturated carbocycles. The Morgan fingerprint density at radius 1 is 1.50 bits per heavy atom. The van der Waals surface area contributed by atoms with Crippen molar-refractivity contribution in [3.05, 3.63) is 23.8 Å². The largest absolute Gasteiger partial charge is 0.338 e. The van der Waals surface area contributed by atoms with Crippen molar-refractivity contribution in [2.75, 3.05) is 17.2 Å². The Bertz CT molecular complexity index is 555. The van der Waals surface area contributed by atoms with Crippen LogP contribution < -0.4 is 10.6 Å². The van der Waals surface area contributed by atoms with E-state index in [0.717, 1.165) is 27.5 Å². The summed E-state index contributed by atoms with van der Waals surface area (Å²) in [5.74, 6) is 0. The standard InChI is InChI=1S/C12H14BrN3OS/c1-8-4-2-5-9-10(8)15-12(18-9)16-11(17)14-7-3-6-13/h2,4-5H,3,6-7H2,1H3,(H2,14,15,16,17). The van der Waals surface area contributed by atoms with Gasteiger partial charge in [0, 0.05) is 11.9 Å². The monoisotopic (exact) mass is 327 g/mol. The highest BCUT2D eigenvalue weighted by Gasteiger charge is 2.08. The highest BCUT2D eigenvalue weighted by molar-refractivity contribution is 9.09. The maximum Gasteiger partial charge on any atom is 0.321 e. The van der Waals surface area contributed by atoms with Gasteiger partial charge in [0.15, 0.2) is 5.13 Å². The van der Waals surface area contributed by atoms with Gasteiger partial charge >= 0.3 is 6.03 Å². The first-order chi connectivity index (χ1) is 8.70. The fourth-order valence-electron chi connectivity index (χ4n) is 1.55. The number of thiazole rings is 1. The number of aromatic nitrogens is 1. The van der Waals surface area contributed by atoms with Crippen LogP contribution in [-0.4, -0.2) is 22.9 Å². The molecule has 0 atom stereocenters. The molecule has 0 aliphatic heterocycles. The Hall–Kier alpha value is -1.14. The predicted molar refractivity (Wildman–Crippen MR) is 79.8 cm³/mol. The lowest BCUT2D eigenvalue weighted by atomic mass is 10.2. The molecule has 2 amide bonds. The van der Waals surface area contributed by atoms with Crippen LogP contribution in [0.15, 0.2) is 18.2 Å². The molecule has 18 heavy (non-hydrogen) atoms. The number of nitrogens with one attached hydrogen (secondary N) is 2. The van der Waals surface area contributed by atoms with E-state index in [-0.39, 0.29) is 6.03 Å². The third-order valence-electron chi connectivity index (χ3n) is 2.44. The number of nitrogens with zero attached hydrogens (tertiary/aromatic N) is 1. The fourth-order valence-corrected chi connectivity index (χ4v) is 2.77. The summed E-state index contributed by atoms with van der Waals surface area (Å²) in [7, 11) is 0. The number of fused-ring (bicyclic) bond motifs is 1. The van der Waals surface area contributed by atoms with Crippen molar-refractivity contribution in [1.29, 1.82) is 0 Å². The van der Waals surface area contributed by atoms with Gasteiger partial charge in [0.25, 0.3) is 0 Å². The quantitative estimate of drug-likeness (QED) is 0.667. The molecule has 0 aliphatic carbocycles. The van der Waals surface area contributed by atoms with E-state index < -0.39 is 0 Å². The zero-order valence-corrected chi connectivity index (χ0v) is 12.4. The highest BCUT2D eigenvalue weighted by atomic mass is 79.9. The van der Waals surface area contributed by atoms with Crippen LogP contribution in [0.3, 0.4) is 0 Å². The summed E-state index contributed by atoms with van der Waals surface area (Å²) in [5, 5.41) is 7.05. The lowest BCUT2D eigenvalue weighted by Crippen LogP contribution is -2.29. The lowest BCUT2D eigenvalue weighted by molar-refractivity contribution is 0.252. The van der Waals surface area contributed by atoms with Gasteiger partial charge in [0.1, 0.15) is 0 Å². The van der Waals surface area contributed by atoms with E-state index in [0.29, 0.717) is 11.7 Å². The fraction of sp³-hybridized carbons (Fsp3) is 0.333. The summed E-state index contributed by atoms with van der Waals surface area (Å²) in [6.45, 7) is 2.67. The molecule has 4 nitrogen and oxygen atoms in total. The van der Waals surface area contributed by atoms with E-state index in [1.807, 2.05) is 25.1 Å². The summed E-state index contributed by atoms with van der Waals surface area (Å²) in [6.07, 6.45) is 0.909. The molecule has 0 aliphatic rings. The Labute approximate surface area is 118 Å². The number of carbonyl (C=O) groups excluding carboxylic acids is 1. The first-order valence-electron chi connectivity index (χ1n) is 5.67. The van der Waals surface area contributed by atoms with Gasteiger partial charge in [0.05, 0.1) is 10.2 Å². The number of carbonyl (C=O) groups is 1. The maximum absolute atomic E-state index is 11.6. The lowest BCUT2D eigenvalue weighted by Gasteiger charge is -2.03. The molecular weight excluding hydrogens is 314 g/mol. The van der Waals surface area contributed by atoms with Gasteiger partial charge < -0.3 is 5.32 Å².